The molecule has 13 aromatic rings. The first kappa shape index (κ1) is 52.9. The van der Waals surface area contributed by atoms with Gasteiger partial charge in [-0.25, -0.2) is 26.3 Å². The second-order valence-electron chi connectivity index (χ2n) is 22.0. The quantitative estimate of drug-likeness (QED) is 0.114. The Morgan fingerprint density at radius 1 is 0.310 bits per heavy atom. The standard InChI is InChI=1S/C78H48F6N2O/c1-3-47-13-17-49(18-14-47)77(51-21-25-53(79)26-22-51)67-11-7-5-9-61(67)63-35-31-59(45-69(63)77)85(73-37-29-55(81)41-71(73)83)57-33-39-75-65(43-57)66-44-58(34-40-76(66)87-75)86(74-38-30-56(82)42-72(74)84)60-32-36-64-62-10-6-8-12-68(62)78(70(64)46-60,52-23-27-54(80)28-24-52)50-19-15-48(4-2)16-20-50/h3-46H,1-2H2. The summed E-state index contributed by atoms with van der Waals surface area (Å²) >= 11 is 0. The van der Waals surface area contributed by atoms with Crippen molar-refractivity contribution in [2.24, 2.45) is 0 Å². The summed E-state index contributed by atoms with van der Waals surface area (Å²) in [6, 6.07) is 75.5. The minimum Gasteiger partial charge on any atom is -0.456 e. The van der Waals surface area contributed by atoms with Gasteiger partial charge >= 0.3 is 0 Å². The zero-order chi connectivity index (χ0) is 59.3. The van der Waals surface area contributed by atoms with Gasteiger partial charge in [0.05, 0.1) is 22.2 Å². The van der Waals surface area contributed by atoms with Gasteiger partial charge in [-0.1, -0.05) is 159 Å². The van der Waals surface area contributed by atoms with Crippen LogP contribution in [-0.2, 0) is 10.8 Å². The molecule has 12 aromatic carbocycles. The van der Waals surface area contributed by atoms with Gasteiger partial charge in [-0.3, -0.25) is 0 Å². The van der Waals surface area contributed by atoms with Gasteiger partial charge in [0.1, 0.15) is 46.1 Å². The molecule has 0 fully saturated rings. The third kappa shape index (κ3) is 8.21. The van der Waals surface area contributed by atoms with E-state index in [-0.39, 0.29) is 23.0 Å². The number of benzene rings is 12. The van der Waals surface area contributed by atoms with E-state index in [1.165, 1.54) is 48.5 Å². The lowest BCUT2D eigenvalue weighted by atomic mass is 9.67. The summed E-state index contributed by atoms with van der Waals surface area (Å²) in [6.45, 7) is 7.98. The minimum absolute atomic E-state index is 0.0625. The predicted molar refractivity (Wildman–Crippen MR) is 338 cm³/mol. The normalized spacial score (nSPS) is 15.4. The number of furan rings is 1. The van der Waals surface area contributed by atoms with Crippen molar-refractivity contribution in [1.29, 1.82) is 0 Å². The molecule has 0 saturated heterocycles. The Kier molecular flexibility index (Phi) is 12.4. The van der Waals surface area contributed by atoms with Crippen LogP contribution in [0.3, 0.4) is 0 Å². The molecule has 1 heterocycles. The molecule has 0 radical (unpaired) electrons. The van der Waals surface area contributed by atoms with Crippen molar-refractivity contribution in [2.75, 3.05) is 9.80 Å². The molecule has 1 aromatic heterocycles. The van der Waals surface area contributed by atoms with E-state index < -0.39 is 34.1 Å². The largest absolute Gasteiger partial charge is 0.456 e. The van der Waals surface area contributed by atoms with Crippen LogP contribution in [0.2, 0.25) is 0 Å². The maximum Gasteiger partial charge on any atom is 0.150 e. The van der Waals surface area contributed by atoms with Crippen LogP contribution in [0.25, 0.3) is 56.3 Å². The van der Waals surface area contributed by atoms with Crippen molar-refractivity contribution in [3.8, 4) is 22.3 Å². The fourth-order valence-electron chi connectivity index (χ4n) is 13.7. The van der Waals surface area contributed by atoms with Gasteiger partial charge in [-0.2, -0.15) is 0 Å². The highest BCUT2D eigenvalue weighted by atomic mass is 19.2. The second kappa shape index (κ2) is 20.4. The summed E-state index contributed by atoms with van der Waals surface area (Å²) in [4.78, 5) is 3.49. The monoisotopic (exact) mass is 1140 g/mol. The maximum absolute atomic E-state index is 16.8. The zero-order valence-corrected chi connectivity index (χ0v) is 46.4. The van der Waals surface area contributed by atoms with E-state index in [0.29, 0.717) is 44.7 Å². The van der Waals surface area contributed by atoms with E-state index in [9.17, 15) is 8.78 Å². The molecule has 2 unspecified atom stereocenters. The number of anilines is 6. The van der Waals surface area contributed by atoms with E-state index in [4.69, 9.17) is 4.42 Å². The number of nitrogens with zero attached hydrogens (tertiary/aromatic N) is 2. The van der Waals surface area contributed by atoms with Gasteiger partial charge in [0.25, 0.3) is 0 Å². The zero-order valence-electron chi connectivity index (χ0n) is 46.4. The maximum atomic E-state index is 16.8. The van der Waals surface area contributed by atoms with Gasteiger partial charge in [-0.15, -0.1) is 0 Å². The molecule has 2 atom stereocenters. The lowest BCUT2D eigenvalue weighted by Gasteiger charge is -2.35. The first-order chi connectivity index (χ1) is 42.5. The smallest absolute Gasteiger partial charge is 0.150 e. The van der Waals surface area contributed by atoms with Gasteiger partial charge in [-0.05, 0) is 187 Å². The molecule has 418 valence electrons. The molecule has 87 heavy (non-hydrogen) atoms. The molecule has 0 saturated carbocycles. The molecule has 0 amide bonds. The number of rotatable bonds is 12. The molecule has 0 N–H and O–H groups in total. The van der Waals surface area contributed by atoms with Crippen molar-refractivity contribution in [3.05, 3.63) is 358 Å². The van der Waals surface area contributed by atoms with Crippen LogP contribution in [0.4, 0.5) is 60.5 Å². The SMILES string of the molecule is C=Cc1ccc(C2(c3ccc(F)cc3)c3ccccc3-c3ccc(N(c4ccc5oc6ccc(N(c7ccc8c(c7)C(c7ccc(F)cc7)(c7ccc(C=C)cc7)c7ccccc7-8)c7ccc(F)cc7F)cc6c5c4)c4ccc(F)cc4F)cc32)cc1. The van der Waals surface area contributed by atoms with E-state index in [1.807, 2.05) is 109 Å². The molecular weight excluding hydrogens is 1090 g/mol. The molecule has 2 aliphatic carbocycles. The van der Waals surface area contributed by atoms with E-state index in [1.54, 1.807) is 58.4 Å². The first-order valence-corrected chi connectivity index (χ1v) is 28.4. The third-order valence-electron chi connectivity index (χ3n) is 17.5. The molecule has 3 nitrogen and oxygen atoms in total. The average Bonchev–Trinajstić information content (AvgIpc) is 1.62. The Hall–Kier alpha value is -10.9. The first-order valence-electron chi connectivity index (χ1n) is 28.4. The highest BCUT2D eigenvalue weighted by molar-refractivity contribution is 6.08. The topological polar surface area (TPSA) is 19.6 Å². The molecular formula is C78H48F6N2O. The van der Waals surface area contributed by atoms with E-state index in [2.05, 4.69) is 61.7 Å². The molecule has 0 bridgehead atoms. The summed E-state index contributed by atoms with van der Waals surface area (Å²) < 4.78 is 100. The van der Waals surface area contributed by atoms with E-state index in [0.717, 1.165) is 90.0 Å². The van der Waals surface area contributed by atoms with Crippen LogP contribution in [-0.4, -0.2) is 0 Å². The molecule has 15 rings (SSSR count). The van der Waals surface area contributed by atoms with Crippen molar-refractivity contribution in [1.82, 2.24) is 0 Å². The Labute approximate surface area is 497 Å². The highest BCUT2D eigenvalue weighted by Gasteiger charge is 2.48. The lowest BCUT2D eigenvalue weighted by molar-refractivity contribution is 0.583. The Bertz CT molecular complexity index is 4630. The fourth-order valence-corrected chi connectivity index (χ4v) is 13.7. The second-order valence-corrected chi connectivity index (χ2v) is 22.0. The van der Waals surface area contributed by atoms with Crippen LogP contribution in [0.1, 0.15) is 55.6 Å². The molecule has 0 aliphatic heterocycles. The number of halogens is 6. The summed E-state index contributed by atoms with van der Waals surface area (Å²) in [7, 11) is 0. The molecule has 2 aliphatic rings. The number of hydrogen-bond acceptors (Lipinski definition) is 3. The summed E-state index contributed by atoms with van der Waals surface area (Å²) in [5, 5.41) is 1.24. The van der Waals surface area contributed by atoms with Crippen LogP contribution in [0, 0.1) is 34.9 Å². The summed E-state index contributed by atoms with van der Waals surface area (Å²) in [5.41, 5.74) is 14.0. The number of hydrogen-bond donors (Lipinski definition) is 0. The third-order valence-corrected chi connectivity index (χ3v) is 17.5. The van der Waals surface area contributed by atoms with Gasteiger partial charge in [0.2, 0.25) is 0 Å². The average molecular weight is 1140 g/mol. The van der Waals surface area contributed by atoms with Crippen molar-refractivity contribution in [2.45, 2.75) is 10.8 Å². The van der Waals surface area contributed by atoms with Crippen molar-refractivity contribution < 1.29 is 30.8 Å². The van der Waals surface area contributed by atoms with Gasteiger partial charge in [0, 0.05) is 45.7 Å². The van der Waals surface area contributed by atoms with Crippen LogP contribution >= 0.6 is 0 Å². The predicted octanol–water partition coefficient (Wildman–Crippen LogP) is 21.4. The lowest BCUT2D eigenvalue weighted by Crippen LogP contribution is -2.29. The van der Waals surface area contributed by atoms with Crippen molar-refractivity contribution >= 4 is 68.2 Å². The van der Waals surface area contributed by atoms with Crippen LogP contribution in [0.5, 0.6) is 0 Å². The summed E-state index contributed by atoms with van der Waals surface area (Å²) in [6.07, 6.45) is 3.56. The number of fused-ring (bicyclic) bond motifs is 9. The fraction of sp³-hybridized carbons (Fsp3) is 0.0256. The Morgan fingerprint density at radius 3 is 1.02 bits per heavy atom. The summed E-state index contributed by atoms with van der Waals surface area (Å²) in [5.74, 6) is -3.89. The molecule has 9 heteroatoms. The minimum atomic E-state index is -0.984. The van der Waals surface area contributed by atoms with Crippen LogP contribution in [0.15, 0.2) is 272 Å². The van der Waals surface area contributed by atoms with Gasteiger partial charge in [0.15, 0.2) is 0 Å². The van der Waals surface area contributed by atoms with Gasteiger partial charge < -0.3 is 14.2 Å². The van der Waals surface area contributed by atoms with Crippen LogP contribution < -0.4 is 9.80 Å². The molecule has 0 spiro atoms. The Morgan fingerprint density at radius 2 is 0.644 bits per heavy atom. The highest BCUT2D eigenvalue weighted by Crippen LogP contribution is 2.60. The van der Waals surface area contributed by atoms with Crippen molar-refractivity contribution in [3.63, 3.8) is 0 Å². The Balaban J connectivity index is 0.927. The van der Waals surface area contributed by atoms with E-state index >= 15 is 17.6 Å².